The molecule has 0 bridgehead atoms. The second kappa shape index (κ2) is 19.5. The molecule has 0 spiro atoms. The summed E-state index contributed by atoms with van der Waals surface area (Å²) in [5.41, 5.74) is 11.3. The first-order valence-corrected chi connectivity index (χ1v) is 17.0. The Labute approximate surface area is 304 Å². The Morgan fingerprint density at radius 1 is 0.865 bits per heavy atom. The van der Waals surface area contributed by atoms with Gasteiger partial charge < -0.3 is 41.0 Å². The number of carboxylic acids is 1. The number of carbonyl (C=O) groups excluding carboxylic acids is 2. The van der Waals surface area contributed by atoms with E-state index in [-0.39, 0.29) is 38.2 Å². The van der Waals surface area contributed by atoms with Crippen LogP contribution in [0.1, 0.15) is 41.5 Å². The van der Waals surface area contributed by atoms with Crippen molar-refractivity contribution in [3.8, 4) is 28.4 Å². The number of benzene rings is 4. The van der Waals surface area contributed by atoms with E-state index in [1.807, 2.05) is 60.7 Å². The van der Waals surface area contributed by atoms with E-state index in [9.17, 15) is 19.5 Å². The van der Waals surface area contributed by atoms with Gasteiger partial charge in [0, 0.05) is 31.5 Å². The molecule has 7 N–H and O–H groups in total. The number of nitrogens with one attached hydrogen (secondary N) is 4. The summed E-state index contributed by atoms with van der Waals surface area (Å²) in [5, 5.41) is 25.4. The van der Waals surface area contributed by atoms with Crippen LogP contribution >= 0.6 is 0 Å². The number of aliphatic carboxylic acids is 1. The quantitative estimate of drug-likeness (QED) is 0.0557. The van der Waals surface area contributed by atoms with E-state index in [0.717, 1.165) is 27.8 Å². The molecule has 2 amide bonds. The molecule has 0 aliphatic carbocycles. The maximum Gasteiger partial charge on any atom is 0.326 e. The van der Waals surface area contributed by atoms with E-state index >= 15 is 0 Å². The Morgan fingerprint density at radius 3 is 2.13 bits per heavy atom. The Bertz CT molecular complexity index is 1790. The molecule has 4 aromatic rings. The molecule has 274 valence electrons. The summed E-state index contributed by atoms with van der Waals surface area (Å²) in [6.07, 6.45) is 0.763. The maximum atomic E-state index is 13.3. The predicted molar refractivity (Wildman–Crippen MR) is 200 cm³/mol. The fraction of sp³-hybridized carbons (Fsp3) is 0.300. The normalized spacial score (nSPS) is 11.9. The second-order valence-electron chi connectivity index (χ2n) is 12.3. The van der Waals surface area contributed by atoms with E-state index in [1.165, 1.54) is 0 Å². The zero-order valence-corrected chi connectivity index (χ0v) is 29.7. The Morgan fingerprint density at radius 2 is 1.52 bits per heavy atom. The van der Waals surface area contributed by atoms with Gasteiger partial charge in [-0.3, -0.25) is 15.0 Å². The van der Waals surface area contributed by atoms with Crippen LogP contribution in [0.5, 0.6) is 17.2 Å². The van der Waals surface area contributed by atoms with Crippen LogP contribution in [-0.4, -0.2) is 61.6 Å². The number of carboxylic acid groups (broad SMARTS) is 1. The summed E-state index contributed by atoms with van der Waals surface area (Å²) in [6, 6.07) is 26.7. The molecule has 0 radical (unpaired) electrons. The molecule has 0 saturated carbocycles. The Kier molecular flexibility index (Phi) is 14.6. The van der Waals surface area contributed by atoms with Gasteiger partial charge in [-0.2, -0.15) is 0 Å². The highest BCUT2D eigenvalue weighted by atomic mass is 16.5. The highest BCUT2D eigenvalue weighted by Gasteiger charge is 2.27. The molecule has 12 heteroatoms. The molecule has 0 aliphatic heterocycles. The zero-order chi connectivity index (χ0) is 37.5. The third-order valence-corrected chi connectivity index (χ3v) is 8.58. The van der Waals surface area contributed by atoms with Crippen LogP contribution in [0, 0.1) is 12.3 Å². The first-order valence-electron chi connectivity index (χ1n) is 17.0. The summed E-state index contributed by atoms with van der Waals surface area (Å²) in [4.78, 5) is 38.3. The summed E-state index contributed by atoms with van der Waals surface area (Å²) in [7, 11) is 3.08. The number of nitrogens with two attached hydrogens (primary N) is 1. The lowest BCUT2D eigenvalue weighted by atomic mass is 9.97. The van der Waals surface area contributed by atoms with Gasteiger partial charge in [-0.15, -0.1) is 0 Å². The van der Waals surface area contributed by atoms with Crippen LogP contribution in [0.4, 0.5) is 0 Å². The Balaban J connectivity index is 1.40. The zero-order valence-electron chi connectivity index (χ0n) is 29.7. The third kappa shape index (κ3) is 11.3. The molecule has 0 heterocycles. The first kappa shape index (κ1) is 38.9. The van der Waals surface area contributed by atoms with E-state index in [1.54, 1.807) is 26.4 Å². The maximum absolute atomic E-state index is 13.3. The molecular weight excluding hydrogens is 662 g/mol. The number of methoxy groups -OCH3 is 2. The Hall–Kier alpha value is -5.88. The van der Waals surface area contributed by atoms with Gasteiger partial charge in [-0.25, -0.2) is 4.79 Å². The van der Waals surface area contributed by atoms with Crippen molar-refractivity contribution in [3.05, 3.63) is 113 Å². The molecule has 0 saturated heterocycles. The molecule has 0 fully saturated rings. The summed E-state index contributed by atoms with van der Waals surface area (Å²) >= 11 is 0. The van der Waals surface area contributed by atoms with Crippen LogP contribution in [-0.2, 0) is 34.0 Å². The fourth-order valence-electron chi connectivity index (χ4n) is 5.78. The molecule has 4 rings (SSSR count). The van der Waals surface area contributed by atoms with Gasteiger partial charge in [0.25, 0.3) is 0 Å². The second-order valence-corrected chi connectivity index (χ2v) is 12.3. The molecule has 4 aromatic carbocycles. The van der Waals surface area contributed by atoms with E-state index in [4.69, 9.17) is 25.4 Å². The van der Waals surface area contributed by atoms with Crippen molar-refractivity contribution < 1.29 is 33.7 Å². The first-order chi connectivity index (χ1) is 25.1. The molecule has 2 atom stereocenters. The summed E-state index contributed by atoms with van der Waals surface area (Å²) in [6.45, 7) is 2.46. The monoisotopic (exact) mass is 709 g/mol. The van der Waals surface area contributed by atoms with Gasteiger partial charge in [0.2, 0.25) is 11.8 Å². The van der Waals surface area contributed by atoms with E-state index < -0.39 is 29.9 Å². The minimum atomic E-state index is -1.21. The lowest BCUT2D eigenvalue weighted by molar-refractivity contribution is -0.142. The van der Waals surface area contributed by atoms with E-state index in [2.05, 4.69) is 41.1 Å². The van der Waals surface area contributed by atoms with Gasteiger partial charge in [0.15, 0.2) is 0 Å². The predicted octanol–water partition coefficient (Wildman–Crippen LogP) is 4.75. The molecule has 12 nitrogen and oxygen atoms in total. The molecule has 0 unspecified atom stereocenters. The number of amidine groups is 1. The van der Waals surface area contributed by atoms with Gasteiger partial charge in [-0.1, -0.05) is 78.9 Å². The molecular formula is C40H47N5O7. The molecule has 52 heavy (non-hydrogen) atoms. The van der Waals surface area contributed by atoms with Crippen molar-refractivity contribution in [3.63, 3.8) is 0 Å². The summed E-state index contributed by atoms with van der Waals surface area (Å²) in [5.74, 6) is -0.817. The SMILES string of the molecule is COc1cc(OCc2cccc(-c3ccccc3)c2C)cc(OC)c1CNCC(=O)N[C@H](Cc1ccccc1)C(=O)N[C@@H](CCCC(=N)N)C(=O)O. The largest absolute Gasteiger partial charge is 0.496 e. The number of rotatable bonds is 20. The average Bonchev–Trinajstić information content (AvgIpc) is 3.14. The van der Waals surface area contributed by atoms with Crippen LogP contribution in [0.2, 0.25) is 0 Å². The smallest absolute Gasteiger partial charge is 0.326 e. The van der Waals surface area contributed by atoms with Gasteiger partial charge in [0.1, 0.15) is 35.9 Å². The van der Waals surface area contributed by atoms with Gasteiger partial charge >= 0.3 is 5.97 Å². The van der Waals surface area contributed by atoms with Crippen molar-refractivity contribution in [1.82, 2.24) is 16.0 Å². The minimum absolute atomic E-state index is 0.0624. The highest BCUT2D eigenvalue weighted by Crippen LogP contribution is 2.35. The van der Waals surface area contributed by atoms with Crippen LogP contribution in [0.25, 0.3) is 11.1 Å². The van der Waals surface area contributed by atoms with Crippen LogP contribution in [0.3, 0.4) is 0 Å². The average molecular weight is 710 g/mol. The van der Waals surface area contributed by atoms with Gasteiger partial charge in [0.05, 0.1) is 32.2 Å². The third-order valence-electron chi connectivity index (χ3n) is 8.58. The lowest BCUT2D eigenvalue weighted by Crippen LogP contribution is -2.53. The van der Waals surface area contributed by atoms with Crippen molar-refractivity contribution in [2.45, 2.75) is 57.8 Å². The standard InChI is InChI=1S/C40H47N5O7/c1-26-29(16-10-17-31(26)28-14-8-5-9-15-28)25-52-30-21-35(50-2)32(36(22-30)51-3)23-43-24-38(46)44-34(20-27-12-6-4-7-13-27)39(47)45-33(40(48)49)18-11-19-37(41)42/h4-10,12-17,21-22,33-34,43H,11,18-20,23-25H2,1-3H3,(H3,41,42)(H,44,46)(H,45,47)(H,48,49)/t33-,34+/m0/s1. The number of amides is 2. The fourth-order valence-corrected chi connectivity index (χ4v) is 5.78. The number of ether oxygens (including phenoxy) is 3. The minimum Gasteiger partial charge on any atom is -0.496 e. The van der Waals surface area contributed by atoms with Crippen molar-refractivity contribution >= 4 is 23.6 Å². The van der Waals surface area contributed by atoms with Crippen molar-refractivity contribution in [1.29, 1.82) is 5.41 Å². The van der Waals surface area contributed by atoms with Crippen molar-refractivity contribution in [2.75, 3.05) is 20.8 Å². The van der Waals surface area contributed by atoms with Crippen molar-refractivity contribution in [2.24, 2.45) is 5.73 Å². The molecule has 0 aliphatic rings. The molecule has 0 aromatic heterocycles. The van der Waals surface area contributed by atoms with Crippen LogP contribution < -0.4 is 35.9 Å². The number of carbonyl (C=O) groups is 3. The number of hydrogen-bond donors (Lipinski definition) is 6. The topological polar surface area (TPSA) is 185 Å². The lowest BCUT2D eigenvalue weighted by Gasteiger charge is -2.22. The van der Waals surface area contributed by atoms with Gasteiger partial charge in [-0.05, 0) is 47.6 Å². The highest BCUT2D eigenvalue weighted by molar-refractivity contribution is 5.91. The summed E-state index contributed by atoms with van der Waals surface area (Å²) < 4.78 is 17.6. The van der Waals surface area contributed by atoms with Crippen LogP contribution in [0.15, 0.2) is 91.0 Å². The number of hydrogen-bond acceptors (Lipinski definition) is 8. The van der Waals surface area contributed by atoms with E-state index in [0.29, 0.717) is 35.8 Å².